The number of likely N-dealkylation sites (N-methyl/N-ethyl adjacent to an activating group) is 1. The topological polar surface area (TPSA) is 21.3 Å². The zero-order valence-electron chi connectivity index (χ0n) is 12.2. The molecule has 2 aromatic rings. The molecule has 0 amide bonds. The second-order valence-corrected chi connectivity index (χ2v) is 5.74. The predicted octanol–water partition coefficient (Wildman–Crippen LogP) is 4.49. The molecule has 2 nitrogen and oxygen atoms in total. The van der Waals surface area contributed by atoms with Crippen molar-refractivity contribution in [1.82, 2.24) is 5.32 Å². The molecule has 0 fully saturated rings. The monoisotopic (exact) mass is 351 g/mol. The lowest BCUT2D eigenvalue weighted by atomic mass is 9.98. The van der Waals surface area contributed by atoms with Crippen LogP contribution in [0.1, 0.15) is 24.1 Å². The van der Waals surface area contributed by atoms with Crippen LogP contribution in [0.3, 0.4) is 0 Å². The van der Waals surface area contributed by atoms with E-state index in [0.29, 0.717) is 12.0 Å². The van der Waals surface area contributed by atoms with Crippen molar-refractivity contribution in [3.63, 3.8) is 0 Å². The van der Waals surface area contributed by atoms with Crippen LogP contribution < -0.4 is 10.1 Å². The molecule has 0 aliphatic carbocycles. The molecular formula is C17H19BrFNO. The average Bonchev–Trinajstić information content (AvgIpc) is 2.49. The van der Waals surface area contributed by atoms with E-state index in [9.17, 15) is 4.39 Å². The molecule has 0 aromatic heterocycles. The number of nitrogens with one attached hydrogen (secondary N) is 1. The Balaban J connectivity index is 2.25. The number of hydrogen-bond acceptors (Lipinski definition) is 2. The van der Waals surface area contributed by atoms with Crippen LogP contribution in [0.5, 0.6) is 5.75 Å². The van der Waals surface area contributed by atoms with Crippen LogP contribution in [-0.4, -0.2) is 13.7 Å². The van der Waals surface area contributed by atoms with Gasteiger partial charge in [0.25, 0.3) is 0 Å². The molecule has 0 bridgehead atoms. The van der Waals surface area contributed by atoms with Crippen molar-refractivity contribution in [3.05, 3.63) is 63.9 Å². The van der Waals surface area contributed by atoms with Gasteiger partial charge in [0.15, 0.2) is 0 Å². The number of benzene rings is 2. The fourth-order valence-corrected chi connectivity index (χ4v) is 2.65. The Morgan fingerprint density at radius 3 is 2.71 bits per heavy atom. The minimum absolute atomic E-state index is 0.0563. The summed E-state index contributed by atoms with van der Waals surface area (Å²) in [4.78, 5) is 0. The lowest BCUT2D eigenvalue weighted by molar-refractivity contribution is 0.413. The van der Waals surface area contributed by atoms with Gasteiger partial charge >= 0.3 is 0 Å². The summed E-state index contributed by atoms with van der Waals surface area (Å²) in [6.45, 7) is 2.87. The quantitative estimate of drug-likeness (QED) is 0.827. The molecule has 0 aliphatic heterocycles. The van der Waals surface area contributed by atoms with Crippen molar-refractivity contribution >= 4 is 15.9 Å². The van der Waals surface area contributed by atoms with Gasteiger partial charge in [0.1, 0.15) is 11.6 Å². The number of ether oxygens (including phenoxy) is 1. The molecule has 112 valence electrons. The first-order valence-corrected chi connectivity index (χ1v) is 7.74. The van der Waals surface area contributed by atoms with E-state index < -0.39 is 0 Å². The van der Waals surface area contributed by atoms with E-state index in [1.807, 2.05) is 43.3 Å². The molecule has 4 heteroatoms. The smallest absolute Gasteiger partial charge is 0.127 e. The lowest BCUT2D eigenvalue weighted by Crippen LogP contribution is -2.23. The maximum absolute atomic E-state index is 14.0. The molecule has 0 aliphatic rings. The molecule has 0 heterocycles. The van der Waals surface area contributed by atoms with Crippen LogP contribution in [0.2, 0.25) is 0 Å². The molecule has 2 rings (SSSR count). The second kappa shape index (κ2) is 7.57. The fraction of sp³-hybridized carbons (Fsp3) is 0.294. The highest BCUT2D eigenvalue weighted by Gasteiger charge is 2.14. The molecule has 0 radical (unpaired) electrons. The summed E-state index contributed by atoms with van der Waals surface area (Å²) in [6, 6.07) is 13.1. The first-order valence-electron chi connectivity index (χ1n) is 6.95. The molecule has 0 spiro atoms. The van der Waals surface area contributed by atoms with Crippen LogP contribution in [-0.2, 0) is 6.42 Å². The zero-order valence-corrected chi connectivity index (χ0v) is 13.8. The maximum atomic E-state index is 14.0. The van der Waals surface area contributed by atoms with Crippen molar-refractivity contribution in [1.29, 1.82) is 0 Å². The van der Waals surface area contributed by atoms with Crippen LogP contribution >= 0.6 is 15.9 Å². The van der Waals surface area contributed by atoms with E-state index >= 15 is 0 Å². The predicted molar refractivity (Wildman–Crippen MR) is 87.2 cm³/mol. The largest absolute Gasteiger partial charge is 0.497 e. The van der Waals surface area contributed by atoms with Gasteiger partial charge in [-0.3, -0.25) is 0 Å². The van der Waals surface area contributed by atoms with Crippen molar-refractivity contribution in [2.45, 2.75) is 19.4 Å². The average molecular weight is 352 g/mol. The standard InChI is InChI=1S/C17H19BrFNO/c1-3-20-17(13-5-4-6-15(9-13)21-2)10-12-7-8-14(18)11-16(12)19/h4-9,11,17,20H,3,10H2,1-2H3. The molecule has 0 saturated carbocycles. The Hall–Kier alpha value is -1.39. The normalized spacial score (nSPS) is 12.2. The third-order valence-electron chi connectivity index (χ3n) is 3.39. The van der Waals surface area contributed by atoms with Gasteiger partial charge in [-0.2, -0.15) is 0 Å². The summed E-state index contributed by atoms with van der Waals surface area (Å²) in [5.74, 6) is 0.627. The summed E-state index contributed by atoms with van der Waals surface area (Å²) in [7, 11) is 1.65. The first-order chi connectivity index (χ1) is 10.1. The summed E-state index contributed by atoms with van der Waals surface area (Å²) in [6.07, 6.45) is 0.597. The van der Waals surface area contributed by atoms with Gasteiger partial charge in [-0.1, -0.05) is 41.1 Å². The van der Waals surface area contributed by atoms with Crippen molar-refractivity contribution in [2.24, 2.45) is 0 Å². The fourth-order valence-electron chi connectivity index (χ4n) is 2.32. The summed E-state index contributed by atoms with van der Waals surface area (Å²) in [5.41, 5.74) is 1.80. The maximum Gasteiger partial charge on any atom is 0.127 e. The van der Waals surface area contributed by atoms with Crippen LogP contribution in [0.25, 0.3) is 0 Å². The minimum atomic E-state index is -0.185. The van der Waals surface area contributed by atoms with Gasteiger partial charge in [-0.05, 0) is 48.4 Å². The second-order valence-electron chi connectivity index (χ2n) is 4.83. The van der Waals surface area contributed by atoms with Crippen molar-refractivity contribution in [2.75, 3.05) is 13.7 Å². The summed E-state index contributed by atoms with van der Waals surface area (Å²) >= 11 is 3.28. The third-order valence-corrected chi connectivity index (χ3v) is 3.88. The Kier molecular flexibility index (Phi) is 5.76. The highest BCUT2D eigenvalue weighted by atomic mass is 79.9. The summed E-state index contributed by atoms with van der Waals surface area (Å²) in [5, 5.41) is 3.41. The molecule has 0 saturated heterocycles. The molecule has 1 N–H and O–H groups in total. The van der Waals surface area contributed by atoms with Crippen LogP contribution in [0.15, 0.2) is 46.9 Å². The van der Waals surface area contributed by atoms with Crippen molar-refractivity contribution in [3.8, 4) is 5.75 Å². The van der Waals surface area contributed by atoms with Crippen LogP contribution in [0.4, 0.5) is 4.39 Å². The van der Waals surface area contributed by atoms with Gasteiger partial charge in [0.05, 0.1) is 7.11 Å². The molecule has 1 atom stereocenters. The molecule has 2 aromatic carbocycles. The van der Waals surface area contributed by atoms with Gasteiger partial charge in [-0.25, -0.2) is 4.39 Å². The molecular weight excluding hydrogens is 333 g/mol. The summed E-state index contributed by atoms with van der Waals surface area (Å²) < 4.78 is 20.0. The SMILES string of the molecule is CCNC(Cc1ccc(Br)cc1F)c1cccc(OC)c1. The first kappa shape index (κ1) is 16.0. The van der Waals surface area contributed by atoms with E-state index in [-0.39, 0.29) is 11.9 Å². The number of rotatable bonds is 6. The third kappa shape index (κ3) is 4.29. The van der Waals surface area contributed by atoms with E-state index in [4.69, 9.17) is 4.74 Å². The number of hydrogen-bond donors (Lipinski definition) is 1. The lowest BCUT2D eigenvalue weighted by Gasteiger charge is -2.19. The van der Waals surface area contributed by atoms with Gasteiger partial charge < -0.3 is 10.1 Å². The molecule has 1 unspecified atom stereocenters. The van der Waals surface area contributed by atoms with E-state index in [1.165, 1.54) is 6.07 Å². The Morgan fingerprint density at radius 2 is 2.05 bits per heavy atom. The highest BCUT2D eigenvalue weighted by molar-refractivity contribution is 9.10. The van der Waals surface area contributed by atoms with Gasteiger partial charge in [0, 0.05) is 10.5 Å². The molecule has 21 heavy (non-hydrogen) atoms. The van der Waals surface area contributed by atoms with E-state index in [0.717, 1.165) is 22.3 Å². The van der Waals surface area contributed by atoms with Crippen LogP contribution in [0, 0.1) is 5.82 Å². The van der Waals surface area contributed by atoms with E-state index in [1.54, 1.807) is 7.11 Å². The number of halogens is 2. The van der Waals surface area contributed by atoms with Gasteiger partial charge in [-0.15, -0.1) is 0 Å². The zero-order chi connectivity index (χ0) is 15.2. The minimum Gasteiger partial charge on any atom is -0.497 e. The Labute approximate surface area is 133 Å². The highest BCUT2D eigenvalue weighted by Crippen LogP contribution is 2.24. The van der Waals surface area contributed by atoms with Gasteiger partial charge in [0.2, 0.25) is 0 Å². The van der Waals surface area contributed by atoms with Crippen molar-refractivity contribution < 1.29 is 9.13 Å². The Bertz CT molecular complexity index is 603. The Morgan fingerprint density at radius 1 is 1.24 bits per heavy atom. The van der Waals surface area contributed by atoms with E-state index in [2.05, 4.69) is 21.2 Å². The number of methoxy groups -OCH3 is 1.